The van der Waals surface area contributed by atoms with Crippen LogP contribution in [0.4, 0.5) is 4.39 Å². The zero-order valence-corrected chi connectivity index (χ0v) is 8.04. The van der Waals surface area contributed by atoms with Gasteiger partial charge in [0.15, 0.2) is 0 Å². The number of aliphatic hydroxyl groups excluding tert-OH is 1. The summed E-state index contributed by atoms with van der Waals surface area (Å²) in [4.78, 5) is 0. The average Bonchev–Trinajstić information content (AvgIpc) is 2.18. The van der Waals surface area contributed by atoms with Crippen LogP contribution in [0.1, 0.15) is 24.8 Å². The normalized spacial score (nSPS) is 10.4. The molecule has 1 aromatic rings. The van der Waals surface area contributed by atoms with Crippen LogP contribution in [0, 0.1) is 5.82 Å². The van der Waals surface area contributed by atoms with E-state index in [1.807, 2.05) is 0 Å². The summed E-state index contributed by atoms with van der Waals surface area (Å²) in [5, 5.41) is 17.9. The summed E-state index contributed by atoms with van der Waals surface area (Å²) in [6, 6.07) is 3.97. The van der Waals surface area contributed by atoms with Crippen molar-refractivity contribution < 1.29 is 14.6 Å². The molecule has 0 aliphatic carbocycles. The highest BCUT2D eigenvalue weighted by atomic mass is 19.1. The maximum Gasteiger partial charge on any atom is 0.123 e. The summed E-state index contributed by atoms with van der Waals surface area (Å²) < 4.78 is 12.8. The summed E-state index contributed by atoms with van der Waals surface area (Å²) in [6.07, 6.45) is 3.17. The van der Waals surface area contributed by atoms with E-state index < -0.39 is 0 Å². The predicted molar refractivity (Wildman–Crippen MR) is 52.7 cm³/mol. The van der Waals surface area contributed by atoms with Crippen molar-refractivity contribution in [2.75, 3.05) is 6.61 Å². The first kappa shape index (κ1) is 11.0. The van der Waals surface area contributed by atoms with Crippen LogP contribution in [-0.2, 0) is 6.42 Å². The molecule has 0 radical (unpaired) electrons. The number of hydrogen-bond acceptors (Lipinski definition) is 2. The quantitative estimate of drug-likeness (QED) is 0.712. The van der Waals surface area contributed by atoms with E-state index in [-0.39, 0.29) is 18.2 Å². The van der Waals surface area contributed by atoms with Crippen LogP contribution in [0.15, 0.2) is 18.2 Å². The Labute approximate surface area is 83.0 Å². The molecule has 14 heavy (non-hydrogen) atoms. The maximum absolute atomic E-state index is 12.8. The van der Waals surface area contributed by atoms with E-state index in [1.165, 1.54) is 18.2 Å². The summed E-state index contributed by atoms with van der Waals surface area (Å²) in [6.45, 7) is 0.190. The monoisotopic (exact) mass is 198 g/mol. The number of phenols is 1. The molecular formula is C11H15FO2. The summed E-state index contributed by atoms with van der Waals surface area (Å²) in [7, 11) is 0. The molecule has 0 spiro atoms. The molecule has 1 rings (SSSR count). The molecule has 0 aromatic heterocycles. The lowest BCUT2D eigenvalue weighted by Crippen LogP contribution is -1.90. The molecule has 3 heteroatoms. The van der Waals surface area contributed by atoms with Crippen molar-refractivity contribution in [1.82, 2.24) is 0 Å². The first-order valence-corrected chi connectivity index (χ1v) is 4.82. The summed E-state index contributed by atoms with van der Waals surface area (Å²) >= 11 is 0. The molecule has 2 nitrogen and oxygen atoms in total. The molecule has 0 saturated heterocycles. The molecule has 78 valence electrons. The van der Waals surface area contributed by atoms with Gasteiger partial charge >= 0.3 is 0 Å². The Hall–Kier alpha value is -1.09. The highest BCUT2D eigenvalue weighted by Gasteiger charge is 2.02. The minimum Gasteiger partial charge on any atom is -0.508 e. The zero-order chi connectivity index (χ0) is 10.4. The Morgan fingerprint density at radius 2 is 1.93 bits per heavy atom. The Morgan fingerprint density at radius 1 is 1.14 bits per heavy atom. The lowest BCUT2D eigenvalue weighted by Gasteiger charge is -2.03. The molecule has 0 atom stereocenters. The van der Waals surface area contributed by atoms with Gasteiger partial charge in [0, 0.05) is 6.61 Å². The Kier molecular flexibility index (Phi) is 4.40. The van der Waals surface area contributed by atoms with Crippen LogP contribution in [0.2, 0.25) is 0 Å². The minimum atomic E-state index is -0.319. The molecule has 0 saturated carbocycles. The molecule has 0 unspecified atom stereocenters. The van der Waals surface area contributed by atoms with E-state index in [0.717, 1.165) is 19.3 Å². The zero-order valence-electron chi connectivity index (χ0n) is 8.04. The fourth-order valence-corrected chi connectivity index (χ4v) is 1.36. The van der Waals surface area contributed by atoms with E-state index in [2.05, 4.69) is 0 Å². The minimum absolute atomic E-state index is 0.149. The Balaban J connectivity index is 2.45. The first-order valence-electron chi connectivity index (χ1n) is 4.82. The Bertz CT molecular complexity index is 287. The van der Waals surface area contributed by atoms with Gasteiger partial charge in [-0.3, -0.25) is 0 Å². The number of aromatic hydroxyl groups is 1. The third-order valence-electron chi connectivity index (χ3n) is 2.15. The van der Waals surface area contributed by atoms with Crippen LogP contribution in [-0.4, -0.2) is 16.8 Å². The number of unbranched alkanes of at least 4 members (excludes halogenated alkanes) is 2. The molecule has 0 bridgehead atoms. The van der Waals surface area contributed by atoms with E-state index in [9.17, 15) is 9.50 Å². The number of halogens is 1. The van der Waals surface area contributed by atoms with Gasteiger partial charge < -0.3 is 10.2 Å². The summed E-state index contributed by atoms with van der Waals surface area (Å²) in [5.41, 5.74) is 0.642. The fraction of sp³-hybridized carbons (Fsp3) is 0.455. The van der Waals surface area contributed by atoms with E-state index >= 15 is 0 Å². The number of phenolic OH excluding ortho intramolecular Hbond substituents is 1. The second kappa shape index (κ2) is 5.60. The number of aliphatic hydroxyl groups is 1. The van der Waals surface area contributed by atoms with E-state index in [4.69, 9.17) is 5.11 Å². The van der Waals surface area contributed by atoms with Gasteiger partial charge in [-0.05, 0) is 43.0 Å². The number of benzene rings is 1. The first-order chi connectivity index (χ1) is 6.74. The number of hydrogen-bond donors (Lipinski definition) is 2. The largest absolute Gasteiger partial charge is 0.508 e. The van der Waals surface area contributed by atoms with Gasteiger partial charge in [-0.1, -0.05) is 6.42 Å². The van der Waals surface area contributed by atoms with Crippen LogP contribution in [0.5, 0.6) is 5.75 Å². The van der Waals surface area contributed by atoms with Gasteiger partial charge in [-0.25, -0.2) is 4.39 Å². The van der Waals surface area contributed by atoms with Gasteiger partial charge in [0.1, 0.15) is 11.6 Å². The van der Waals surface area contributed by atoms with Crippen molar-refractivity contribution in [3.8, 4) is 5.75 Å². The van der Waals surface area contributed by atoms with Crippen LogP contribution in [0.3, 0.4) is 0 Å². The molecule has 0 amide bonds. The molecular weight excluding hydrogens is 183 g/mol. The van der Waals surface area contributed by atoms with Crippen molar-refractivity contribution in [3.05, 3.63) is 29.6 Å². The third kappa shape index (κ3) is 3.34. The average molecular weight is 198 g/mol. The van der Waals surface area contributed by atoms with Crippen molar-refractivity contribution in [1.29, 1.82) is 0 Å². The Morgan fingerprint density at radius 3 is 2.64 bits per heavy atom. The highest BCUT2D eigenvalue weighted by Crippen LogP contribution is 2.20. The lowest BCUT2D eigenvalue weighted by atomic mass is 10.1. The molecule has 1 aromatic carbocycles. The van der Waals surface area contributed by atoms with Crippen molar-refractivity contribution >= 4 is 0 Å². The van der Waals surface area contributed by atoms with Crippen LogP contribution < -0.4 is 0 Å². The number of aryl methyl sites for hydroxylation is 1. The van der Waals surface area contributed by atoms with Gasteiger partial charge in [0.2, 0.25) is 0 Å². The molecule has 0 fully saturated rings. The maximum atomic E-state index is 12.8. The smallest absolute Gasteiger partial charge is 0.123 e. The second-order valence-electron chi connectivity index (χ2n) is 3.31. The van der Waals surface area contributed by atoms with Gasteiger partial charge in [-0.2, -0.15) is 0 Å². The second-order valence-corrected chi connectivity index (χ2v) is 3.31. The molecule has 0 aliphatic heterocycles. The molecule has 0 heterocycles. The van der Waals surface area contributed by atoms with Crippen molar-refractivity contribution in [2.24, 2.45) is 0 Å². The predicted octanol–water partition coefficient (Wildman–Crippen LogP) is 2.24. The van der Waals surface area contributed by atoms with Crippen molar-refractivity contribution in [2.45, 2.75) is 25.7 Å². The number of rotatable bonds is 5. The SMILES string of the molecule is OCCCCCc1cc(F)ccc1O. The van der Waals surface area contributed by atoms with Gasteiger partial charge in [-0.15, -0.1) is 0 Å². The molecule has 0 aliphatic rings. The lowest BCUT2D eigenvalue weighted by molar-refractivity contribution is 0.283. The van der Waals surface area contributed by atoms with E-state index in [0.29, 0.717) is 12.0 Å². The fourth-order valence-electron chi connectivity index (χ4n) is 1.36. The van der Waals surface area contributed by atoms with Crippen LogP contribution in [0.25, 0.3) is 0 Å². The summed E-state index contributed by atoms with van der Waals surface area (Å²) in [5.74, 6) is -0.171. The van der Waals surface area contributed by atoms with Crippen molar-refractivity contribution in [3.63, 3.8) is 0 Å². The standard InChI is InChI=1S/C11H15FO2/c12-10-5-6-11(14)9(8-10)4-2-1-3-7-13/h5-6,8,13-14H,1-4,7H2. The topological polar surface area (TPSA) is 40.5 Å². The van der Waals surface area contributed by atoms with Gasteiger partial charge in [0.05, 0.1) is 0 Å². The third-order valence-corrected chi connectivity index (χ3v) is 2.15. The van der Waals surface area contributed by atoms with E-state index in [1.54, 1.807) is 0 Å². The highest BCUT2D eigenvalue weighted by molar-refractivity contribution is 5.32. The van der Waals surface area contributed by atoms with Gasteiger partial charge in [0.25, 0.3) is 0 Å². The van der Waals surface area contributed by atoms with Crippen LogP contribution >= 0.6 is 0 Å². The molecule has 2 N–H and O–H groups in total.